The van der Waals surface area contributed by atoms with Gasteiger partial charge in [-0.3, -0.25) is 5.32 Å². The van der Waals surface area contributed by atoms with E-state index in [-0.39, 0.29) is 5.54 Å². The van der Waals surface area contributed by atoms with E-state index in [4.69, 9.17) is 6.42 Å². The highest BCUT2D eigenvalue weighted by Crippen LogP contribution is 2.34. The summed E-state index contributed by atoms with van der Waals surface area (Å²) in [5, 5.41) is 3.49. The Labute approximate surface area is 82.3 Å². The summed E-state index contributed by atoms with van der Waals surface area (Å²) >= 11 is 0. The average molecular weight is 179 g/mol. The molecule has 1 fully saturated rings. The molecule has 1 N–H and O–H groups in total. The molecule has 1 aliphatic rings. The number of rotatable bonds is 3. The first kappa shape index (κ1) is 10.6. The van der Waals surface area contributed by atoms with Crippen LogP contribution in [0.2, 0.25) is 0 Å². The third-order valence-corrected chi connectivity index (χ3v) is 3.04. The first-order chi connectivity index (χ1) is 5.94. The molecule has 1 nitrogen and oxygen atoms in total. The van der Waals surface area contributed by atoms with Crippen LogP contribution in [0.25, 0.3) is 0 Å². The van der Waals surface area contributed by atoms with Crippen LogP contribution in [0.4, 0.5) is 0 Å². The fourth-order valence-corrected chi connectivity index (χ4v) is 1.88. The Kier molecular flexibility index (Phi) is 3.03. The van der Waals surface area contributed by atoms with Gasteiger partial charge in [-0.05, 0) is 38.5 Å². The Bertz CT molecular complexity index is 204. The Balaban J connectivity index is 2.27. The molecule has 0 aromatic heterocycles. The van der Waals surface area contributed by atoms with Crippen molar-refractivity contribution in [3.63, 3.8) is 0 Å². The van der Waals surface area contributed by atoms with Crippen molar-refractivity contribution in [1.82, 2.24) is 5.32 Å². The molecule has 1 rings (SSSR count). The van der Waals surface area contributed by atoms with E-state index in [1.165, 1.54) is 12.8 Å². The third kappa shape index (κ3) is 2.74. The molecule has 0 saturated heterocycles. The molecule has 0 aliphatic heterocycles. The van der Waals surface area contributed by atoms with Crippen molar-refractivity contribution < 1.29 is 0 Å². The Morgan fingerprint density at radius 1 is 1.38 bits per heavy atom. The van der Waals surface area contributed by atoms with Gasteiger partial charge in [0.25, 0.3) is 0 Å². The van der Waals surface area contributed by atoms with Gasteiger partial charge in [0.05, 0.1) is 5.54 Å². The topological polar surface area (TPSA) is 12.0 Å². The number of hydrogen-bond donors (Lipinski definition) is 1. The molecular formula is C12H21N. The van der Waals surface area contributed by atoms with Crippen molar-refractivity contribution in [1.29, 1.82) is 0 Å². The lowest BCUT2D eigenvalue weighted by Gasteiger charge is -2.41. The lowest BCUT2D eigenvalue weighted by atomic mass is 9.73. The lowest BCUT2D eigenvalue weighted by Crippen LogP contribution is -2.51. The quantitative estimate of drug-likeness (QED) is 0.656. The van der Waals surface area contributed by atoms with E-state index < -0.39 is 0 Å². The summed E-state index contributed by atoms with van der Waals surface area (Å²) in [7, 11) is 0. The van der Waals surface area contributed by atoms with Crippen LogP contribution >= 0.6 is 0 Å². The zero-order valence-electron chi connectivity index (χ0n) is 9.22. The zero-order chi connectivity index (χ0) is 10.1. The van der Waals surface area contributed by atoms with Gasteiger partial charge in [-0.2, -0.15) is 0 Å². The smallest absolute Gasteiger partial charge is 0.0743 e. The van der Waals surface area contributed by atoms with Gasteiger partial charge in [0.1, 0.15) is 0 Å². The molecule has 1 saturated carbocycles. The summed E-state index contributed by atoms with van der Waals surface area (Å²) in [6, 6.07) is 0.651. The van der Waals surface area contributed by atoms with E-state index >= 15 is 0 Å². The molecule has 74 valence electrons. The van der Waals surface area contributed by atoms with Gasteiger partial charge in [0.2, 0.25) is 0 Å². The molecule has 0 atom stereocenters. The standard InChI is InChI=1S/C12H21N/c1-6-12(4,5)13-11-7-10(8-11)9(2)3/h1,9-11,13H,7-8H2,2-5H3. The summed E-state index contributed by atoms with van der Waals surface area (Å²) in [6.07, 6.45) is 8.00. The molecule has 1 aliphatic carbocycles. The van der Waals surface area contributed by atoms with Gasteiger partial charge in [-0.25, -0.2) is 0 Å². The molecule has 0 radical (unpaired) electrons. The summed E-state index contributed by atoms with van der Waals surface area (Å²) < 4.78 is 0. The first-order valence-corrected chi connectivity index (χ1v) is 5.20. The monoisotopic (exact) mass is 179 g/mol. The van der Waals surface area contributed by atoms with Crippen molar-refractivity contribution in [2.24, 2.45) is 11.8 Å². The Morgan fingerprint density at radius 3 is 2.31 bits per heavy atom. The van der Waals surface area contributed by atoms with Crippen LogP contribution < -0.4 is 5.32 Å². The average Bonchev–Trinajstić information content (AvgIpc) is 1.95. The fraction of sp³-hybridized carbons (Fsp3) is 0.833. The number of nitrogens with one attached hydrogen (secondary N) is 1. The maximum Gasteiger partial charge on any atom is 0.0743 e. The van der Waals surface area contributed by atoms with Gasteiger partial charge in [-0.15, -0.1) is 6.42 Å². The van der Waals surface area contributed by atoms with Crippen molar-refractivity contribution in [3.8, 4) is 12.3 Å². The van der Waals surface area contributed by atoms with E-state index in [1.54, 1.807) is 0 Å². The second kappa shape index (κ2) is 3.72. The predicted octanol–water partition coefficient (Wildman–Crippen LogP) is 2.42. The van der Waals surface area contributed by atoms with Crippen molar-refractivity contribution in [2.45, 2.75) is 52.1 Å². The second-order valence-corrected chi connectivity index (χ2v) is 5.09. The van der Waals surface area contributed by atoms with E-state index in [0.717, 1.165) is 11.8 Å². The molecule has 0 spiro atoms. The lowest BCUT2D eigenvalue weighted by molar-refractivity contribution is 0.151. The van der Waals surface area contributed by atoms with E-state index in [1.807, 2.05) is 0 Å². The van der Waals surface area contributed by atoms with Crippen molar-refractivity contribution in [2.75, 3.05) is 0 Å². The minimum Gasteiger partial charge on any atom is -0.299 e. The molecule has 0 aromatic rings. The van der Waals surface area contributed by atoms with E-state index in [0.29, 0.717) is 6.04 Å². The van der Waals surface area contributed by atoms with Crippen LogP contribution in [0.5, 0.6) is 0 Å². The minimum absolute atomic E-state index is 0.132. The van der Waals surface area contributed by atoms with Crippen LogP contribution in [-0.2, 0) is 0 Å². The van der Waals surface area contributed by atoms with Crippen LogP contribution in [0, 0.1) is 24.2 Å². The van der Waals surface area contributed by atoms with Crippen LogP contribution in [-0.4, -0.2) is 11.6 Å². The summed E-state index contributed by atoms with van der Waals surface area (Å²) in [5.41, 5.74) is -0.132. The highest BCUT2D eigenvalue weighted by Gasteiger charge is 2.33. The SMILES string of the molecule is C#CC(C)(C)NC1CC(C(C)C)C1. The normalized spacial score (nSPS) is 28.3. The highest BCUT2D eigenvalue weighted by molar-refractivity contribution is 5.09. The van der Waals surface area contributed by atoms with Gasteiger partial charge >= 0.3 is 0 Å². The largest absolute Gasteiger partial charge is 0.299 e. The minimum atomic E-state index is -0.132. The second-order valence-electron chi connectivity index (χ2n) is 5.09. The van der Waals surface area contributed by atoms with Crippen LogP contribution in [0.15, 0.2) is 0 Å². The molecule has 0 unspecified atom stereocenters. The zero-order valence-corrected chi connectivity index (χ0v) is 9.22. The van der Waals surface area contributed by atoms with Gasteiger partial charge in [-0.1, -0.05) is 19.8 Å². The Hall–Kier alpha value is -0.480. The maximum absolute atomic E-state index is 5.42. The number of terminal acetylenes is 1. The van der Waals surface area contributed by atoms with Gasteiger partial charge < -0.3 is 0 Å². The Morgan fingerprint density at radius 2 is 1.92 bits per heavy atom. The van der Waals surface area contributed by atoms with Crippen LogP contribution in [0.1, 0.15) is 40.5 Å². The molecule has 0 heterocycles. The summed E-state index contributed by atoms with van der Waals surface area (Å²) in [4.78, 5) is 0. The molecule has 0 amide bonds. The summed E-state index contributed by atoms with van der Waals surface area (Å²) in [5.74, 6) is 4.51. The van der Waals surface area contributed by atoms with Crippen molar-refractivity contribution in [3.05, 3.63) is 0 Å². The first-order valence-electron chi connectivity index (χ1n) is 5.20. The molecule has 0 bridgehead atoms. The van der Waals surface area contributed by atoms with Crippen LogP contribution in [0.3, 0.4) is 0 Å². The van der Waals surface area contributed by atoms with Gasteiger partial charge in [0.15, 0.2) is 0 Å². The van der Waals surface area contributed by atoms with Gasteiger partial charge in [0, 0.05) is 6.04 Å². The third-order valence-electron chi connectivity index (χ3n) is 3.04. The summed E-state index contributed by atoms with van der Waals surface area (Å²) in [6.45, 7) is 8.73. The number of hydrogen-bond acceptors (Lipinski definition) is 1. The molecule has 13 heavy (non-hydrogen) atoms. The van der Waals surface area contributed by atoms with Crippen molar-refractivity contribution >= 4 is 0 Å². The van der Waals surface area contributed by atoms with E-state index in [9.17, 15) is 0 Å². The molecule has 1 heteroatoms. The van der Waals surface area contributed by atoms with E-state index in [2.05, 4.69) is 38.9 Å². The molecular weight excluding hydrogens is 158 g/mol. The predicted molar refractivity (Wildman–Crippen MR) is 57.4 cm³/mol. The molecule has 0 aromatic carbocycles. The highest BCUT2D eigenvalue weighted by atomic mass is 15.0. The fourth-order valence-electron chi connectivity index (χ4n) is 1.88. The maximum atomic E-state index is 5.42.